The fraction of sp³-hybridized carbons (Fsp3) is 0.308. The fourth-order valence-electron chi connectivity index (χ4n) is 1.34. The maximum atomic E-state index is 11.8. The Morgan fingerprint density at radius 1 is 1.00 bits per heavy atom. The molecule has 0 bridgehead atoms. The quantitative estimate of drug-likeness (QED) is 0.717. The second kappa shape index (κ2) is 6.53. The number of hydrogen-bond donors (Lipinski definition) is 3. The van der Waals surface area contributed by atoms with E-state index in [1.165, 1.54) is 13.8 Å². The van der Waals surface area contributed by atoms with E-state index in [4.69, 9.17) is 5.11 Å². The molecule has 102 valence electrons. The molecule has 0 fully saturated rings. The third kappa shape index (κ3) is 4.42. The number of carbonyl (C=O) groups is 3. The molecule has 0 radical (unpaired) electrons. The number of nitrogens with one attached hydrogen (secondary N) is 2. The fourth-order valence-corrected chi connectivity index (χ4v) is 1.34. The van der Waals surface area contributed by atoms with Crippen molar-refractivity contribution in [3.63, 3.8) is 0 Å². The van der Waals surface area contributed by atoms with E-state index in [1.807, 2.05) is 0 Å². The zero-order valence-corrected chi connectivity index (χ0v) is 10.7. The van der Waals surface area contributed by atoms with Gasteiger partial charge in [-0.3, -0.25) is 14.4 Å². The van der Waals surface area contributed by atoms with Gasteiger partial charge in [-0.1, -0.05) is 18.2 Å². The van der Waals surface area contributed by atoms with E-state index in [0.717, 1.165) is 0 Å². The zero-order valence-electron chi connectivity index (χ0n) is 10.7. The molecule has 6 heteroatoms. The molecule has 0 aliphatic carbocycles. The molecule has 0 heterocycles. The summed E-state index contributed by atoms with van der Waals surface area (Å²) in [6.45, 7) is 2.84. The van der Waals surface area contributed by atoms with E-state index >= 15 is 0 Å². The van der Waals surface area contributed by atoms with Gasteiger partial charge in [0, 0.05) is 5.56 Å². The predicted octanol–water partition coefficient (Wildman–Crippen LogP) is 0.394. The van der Waals surface area contributed by atoms with E-state index in [2.05, 4.69) is 10.6 Å². The Morgan fingerprint density at radius 2 is 1.58 bits per heavy atom. The molecule has 3 N–H and O–H groups in total. The molecule has 0 aliphatic rings. The summed E-state index contributed by atoms with van der Waals surface area (Å²) in [4.78, 5) is 34.0. The van der Waals surface area contributed by atoms with E-state index in [0.29, 0.717) is 5.56 Å². The van der Waals surface area contributed by atoms with Crippen molar-refractivity contribution in [2.75, 3.05) is 0 Å². The molecule has 0 aliphatic heterocycles. The largest absolute Gasteiger partial charge is 0.480 e. The van der Waals surface area contributed by atoms with Crippen LogP contribution in [0.1, 0.15) is 24.2 Å². The average Bonchev–Trinajstić information content (AvgIpc) is 2.39. The van der Waals surface area contributed by atoms with Gasteiger partial charge in [0.1, 0.15) is 12.1 Å². The number of carboxylic acid groups (broad SMARTS) is 1. The molecule has 1 aromatic rings. The molecule has 0 spiro atoms. The highest BCUT2D eigenvalue weighted by molar-refractivity contribution is 5.97. The molecule has 0 saturated carbocycles. The lowest BCUT2D eigenvalue weighted by Gasteiger charge is -2.16. The third-order valence-corrected chi connectivity index (χ3v) is 2.51. The zero-order chi connectivity index (χ0) is 14.4. The summed E-state index contributed by atoms with van der Waals surface area (Å²) in [6, 6.07) is 6.65. The van der Waals surface area contributed by atoms with Crippen molar-refractivity contribution in [1.29, 1.82) is 0 Å². The highest BCUT2D eigenvalue weighted by Crippen LogP contribution is 1.99. The molecule has 0 saturated heterocycles. The minimum absolute atomic E-state index is 0.383. The molecule has 0 unspecified atom stereocenters. The van der Waals surface area contributed by atoms with Crippen LogP contribution in [0.3, 0.4) is 0 Å². The van der Waals surface area contributed by atoms with Gasteiger partial charge in [-0.15, -0.1) is 0 Å². The molecule has 1 rings (SSSR count). The van der Waals surface area contributed by atoms with Gasteiger partial charge in [-0.2, -0.15) is 0 Å². The Morgan fingerprint density at radius 3 is 2.11 bits per heavy atom. The third-order valence-electron chi connectivity index (χ3n) is 2.51. The lowest BCUT2D eigenvalue weighted by molar-refractivity contribution is -0.141. The van der Waals surface area contributed by atoms with Crippen LogP contribution in [0, 0.1) is 0 Å². The van der Waals surface area contributed by atoms with Gasteiger partial charge >= 0.3 is 5.97 Å². The van der Waals surface area contributed by atoms with Crippen LogP contribution in [-0.2, 0) is 9.59 Å². The van der Waals surface area contributed by atoms with Crippen LogP contribution in [0.5, 0.6) is 0 Å². The predicted molar refractivity (Wildman–Crippen MR) is 68.6 cm³/mol. The molecular formula is C13H16N2O4. The number of benzene rings is 1. The summed E-state index contributed by atoms with van der Waals surface area (Å²) in [6.07, 6.45) is 0. The van der Waals surface area contributed by atoms with Gasteiger partial charge in [0.05, 0.1) is 0 Å². The van der Waals surface area contributed by atoms with Crippen molar-refractivity contribution in [2.24, 2.45) is 0 Å². The van der Waals surface area contributed by atoms with Crippen LogP contribution in [0.2, 0.25) is 0 Å². The molecule has 1 aromatic carbocycles. The topological polar surface area (TPSA) is 95.5 Å². The second-order valence-electron chi connectivity index (χ2n) is 4.13. The number of carboxylic acids is 1. The van der Waals surface area contributed by atoms with Crippen molar-refractivity contribution in [3.8, 4) is 0 Å². The van der Waals surface area contributed by atoms with Crippen LogP contribution in [0.4, 0.5) is 0 Å². The highest BCUT2D eigenvalue weighted by atomic mass is 16.4. The molecule has 2 atom stereocenters. The van der Waals surface area contributed by atoms with Crippen molar-refractivity contribution < 1.29 is 19.5 Å². The summed E-state index contributed by atoms with van der Waals surface area (Å²) < 4.78 is 0. The first-order valence-corrected chi connectivity index (χ1v) is 5.81. The van der Waals surface area contributed by atoms with E-state index < -0.39 is 24.0 Å². The van der Waals surface area contributed by atoms with Gasteiger partial charge in [-0.25, -0.2) is 0 Å². The first-order valence-electron chi connectivity index (χ1n) is 5.81. The van der Waals surface area contributed by atoms with Crippen LogP contribution in [0.25, 0.3) is 0 Å². The smallest absolute Gasteiger partial charge is 0.325 e. The minimum atomic E-state index is -1.13. The molecule has 0 aromatic heterocycles. The lowest BCUT2D eigenvalue weighted by atomic mass is 10.2. The van der Waals surface area contributed by atoms with E-state index in [9.17, 15) is 14.4 Å². The molecule has 6 nitrogen and oxygen atoms in total. The number of aliphatic carboxylic acids is 1. The van der Waals surface area contributed by atoms with Gasteiger partial charge in [-0.05, 0) is 26.0 Å². The number of carbonyl (C=O) groups excluding carboxylic acids is 2. The number of hydrogen-bond acceptors (Lipinski definition) is 3. The molecule has 2 amide bonds. The number of rotatable bonds is 5. The Hall–Kier alpha value is -2.37. The highest BCUT2D eigenvalue weighted by Gasteiger charge is 2.20. The molecule has 19 heavy (non-hydrogen) atoms. The van der Waals surface area contributed by atoms with Gasteiger partial charge in [0.15, 0.2) is 0 Å². The van der Waals surface area contributed by atoms with Gasteiger partial charge < -0.3 is 15.7 Å². The summed E-state index contributed by atoms with van der Waals surface area (Å²) in [5.41, 5.74) is 0.438. The Bertz CT molecular complexity index is 473. The Labute approximate surface area is 110 Å². The van der Waals surface area contributed by atoms with Crippen LogP contribution in [0.15, 0.2) is 30.3 Å². The normalized spacial score (nSPS) is 13.2. The first-order chi connectivity index (χ1) is 8.91. The summed E-state index contributed by atoms with van der Waals surface area (Å²) >= 11 is 0. The second-order valence-corrected chi connectivity index (χ2v) is 4.13. The number of amides is 2. The first kappa shape index (κ1) is 14.7. The van der Waals surface area contributed by atoms with E-state index in [1.54, 1.807) is 30.3 Å². The maximum absolute atomic E-state index is 11.8. The average molecular weight is 264 g/mol. The van der Waals surface area contributed by atoms with Crippen molar-refractivity contribution >= 4 is 17.8 Å². The summed E-state index contributed by atoms with van der Waals surface area (Å²) in [5, 5.41) is 13.4. The SMILES string of the molecule is C[C@H](NC(=O)c1ccccc1)C(=O)N[C@H](C)C(=O)O. The van der Waals surface area contributed by atoms with E-state index in [-0.39, 0.29) is 5.91 Å². The maximum Gasteiger partial charge on any atom is 0.325 e. The van der Waals surface area contributed by atoms with Crippen molar-refractivity contribution in [1.82, 2.24) is 10.6 Å². The van der Waals surface area contributed by atoms with Crippen molar-refractivity contribution in [2.45, 2.75) is 25.9 Å². The monoisotopic (exact) mass is 264 g/mol. The van der Waals surface area contributed by atoms with Gasteiger partial charge in [0.2, 0.25) is 5.91 Å². The Balaban J connectivity index is 2.55. The lowest BCUT2D eigenvalue weighted by Crippen LogP contribution is -2.49. The van der Waals surface area contributed by atoms with Crippen molar-refractivity contribution in [3.05, 3.63) is 35.9 Å². The van der Waals surface area contributed by atoms with Gasteiger partial charge in [0.25, 0.3) is 5.91 Å². The van der Waals surface area contributed by atoms with Crippen LogP contribution in [-0.4, -0.2) is 35.0 Å². The summed E-state index contributed by atoms with van der Waals surface area (Å²) in [7, 11) is 0. The van der Waals surface area contributed by atoms with Crippen LogP contribution >= 0.6 is 0 Å². The van der Waals surface area contributed by atoms with Crippen LogP contribution < -0.4 is 10.6 Å². The Kier molecular flexibility index (Phi) is 5.05. The minimum Gasteiger partial charge on any atom is -0.480 e. The standard InChI is InChI=1S/C13H16N2O4/c1-8(11(16)15-9(2)13(18)19)14-12(17)10-6-4-3-5-7-10/h3-9H,1-2H3,(H,14,17)(H,15,16)(H,18,19)/t8-,9+/m0/s1. The summed E-state index contributed by atoms with van der Waals surface area (Å²) in [5.74, 6) is -2.06. The molecular weight excluding hydrogens is 248 g/mol.